The molecule has 106 valence electrons. The second-order valence-corrected chi connectivity index (χ2v) is 4.52. The average molecular weight is 273 g/mol. The van der Waals surface area contributed by atoms with Crippen LogP contribution < -0.4 is 10.1 Å². The number of ether oxygens (including phenoxy) is 1. The highest BCUT2D eigenvalue weighted by Crippen LogP contribution is 2.24. The Morgan fingerprint density at radius 3 is 2.90 bits per heavy atom. The minimum absolute atomic E-state index is 0.0178. The van der Waals surface area contributed by atoms with Gasteiger partial charge in [0.2, 0.25) is 5.91 Å². The molecule has 2 aromatic rings. The van der Waals surface area contributed by atoms with Crippen molar-refractivity contribution in [2.24, 2.45) is 0 Å². The Hall–Kier alpha value is -2.30. The van der Waals surface area contributed by atoms with Crippen molar-refractivity contribution in [2.45, 2.75) is 26.3 Å². The number of aromatic nitrogens is 2. The predicted molar refractivity (Wildman–Crippen MR) is 77.8 cm³/mol. The number of nitrogens with one attached hydrogen (secondary N) is 1. The van der Waals surface area contributed by atoms with Crippen molar-refractivity contribution in [1.29, 1.82) is 0 Å². The second kappa shape index (κ2) is 6.75. The zero-order valence-corrected chi connectivity index (χ0v) is 11.7. The molecule has 1 heterocycles. The first-order valence-corrected chi connectivity index (χ1v) is 6.71. The lowest BCUT2D eigenvalue weighted by Crippen LogP contribution is -2.18. The Morgan fingerprint density at radius 2 is 2.20 bits per heavy atom. The molecule has 20 heavy (non-hydrogen) atoms. The van der Waals surface area contributed by atoms with Crippen molar-refractivity contribution in [3.63, 3.8) is 0 Å². The number of hydrogen-bond acceptors (Lipinski definition) is 3. The molecule has 0 aliphatic rings. The van der Waals surface area contributed by atoms with Gasteiger partial charge in [-0.3, -0.25) is 9.48 Å². The summed E-state index contributed by atoms with van der Waals surface area (Å²) in [4.78, 5) is 12.1. The van der Waals surface area contributed by atoms with Crippen LogP contribution in [0.25, 0.3) is 0 Å². The van der Waals surface area contributed by atoms with E-state index in [0.717, 1.165) is 0 Å². The molecule has 0 fully saturated rings. The standard InChI is InChI=1S/C15H19N3O2/c1-3-20-14-8-5-4-7-13(14)17-15(19)11-12(2)18-10-6-9-16-18/h4-10,12H,3,11H2,1-2H3,(H,17,19). The number of hydrogen-bond donors (Lipinski definition) is 1. The summed E-state index contributed by atoms with van der Waals surface area (Å²) >= 11 is 0. The van der Waals surface area contributed by atoms with E-state index in [1.807, 2.05) is 50.4 Å². The molecular formula is C15H19N3O2. The Bertz CT molecular complexity index is 552. The number of nitrogens with zero attached hydrogens (tertiary/aromatic N) is 2. The van der Waals surface area contributed by atoms with Gasteiger partial charge in [0.15, 0.2) is 0 Å². The van der Waals surface area contributed by atoms with Crippen LogP contribution in [0.2, 0.25) is 0 Å². The molecule has 0 aliphatic heterocycles. The Balaban J connectivity index is 1.98. The van der Waals surface area contributed by atoms with Gasteiger partial charge in [-0.1, -0.05) is 12.1 Å². The first-order valence-electron chi connectivity index (χ1n) is 6.71. The molecule has 5 heteroatoms. The maximum Gasteiger partial charge on any atom is 0.226 e. The third-order valence-electron chi connectivity index (χ3n) is 2.92. The number of benzene rings is 1. The molecule has 0 saturated heterocycles. The van der Waals surface area contributed by atoms with Gasteiger partial charge in [-0.25, -0.2) is 0 Å². The van der Waals surface area contributed by atoms with Crippen LogP contribution in [-0.2, 0) is 4.79 Å². The summed E-state index contributed by atoms with van der Waals surface area (Å²) in [5, 5.41) is 7.02. The van der Waals surface area contributed by atoms with Crippen molar-refractivity contribution < 1.29 is 9.53 Å². The van der Waals surface area contributed by atoms with Crippen molar-refractivity contribution >= 4 is 11.6 Å². The summed E-state index contributed by atoms with van der Waals surface area (Å²) in [6.07, 6.45) is 3.92. The molecule has 1 amide bonds. The van der Waals surface area contributed by atoms with Crippen LogP contribution in [-0.4, -0.2) is 22.3 Å². The van der Waals surface area contributed by atoms with Gasteiger partial charge in [-0.15, -0.1) is 0 Å². The minimum Gasteiger partial charge on any atom is -0.492 e. The largest absolute Gasteiger partial charge is 0.492 e. The molecule has 0 radical (unpaired) electrons. The number of anilines is 1. The molecule has 1 N–H and O–H groups in total. The van der Waals surface area contributed by atoms with Gasteiger partial charge in [0.25, 0.3) is 0 Å². The number of rotatable bonds is 6. The fraction of sp³-hybridized carbons (Fsp3) is 0.333. The van der Waals surface area contributed by atoms with E-state index in [9.17, 15) is 4.79 Å². The molecule has 1 atom stereocenters. The predicted octanol–water partition coefficient (Wildman–Crippen LogP) is 2.87. The Morgan fingerprint density at radius 1 is 1.40 bits per heavy atom. The summed E-state index contributed by atoms with van der Waals surface area (Å²) in [7, 11) is 0. The van der Waals surface area contributed by atoms with Gasteiger partial charge in [-0.05, 0) is 32.0 Å². The van der Waals surface area contributed by atoms with Crippen molar-refractivity contribution in [1.82, 2.24) is 9.78 Å². The van der Waals surface area contributed by atoms with Gasteiger partial charge in [0.05, 0.1) is 18.3 Å². The summed E-state index contributed by atoms with van der Waals surface area (Å²) in [5.41, 5.74) is 0.701. The van der Waals surface area contributed by atoms with Crippen LogP contribution in [0.15, 0.2) is 42.7 Å². The van der Waals surface area contributed by atoms with Crippen molar-refractivity contribution in [2.75, 3.05) is 11.9 Å². The lowest BCUT2D eigenvalue weighted by atomic mass is 10.2. The normalized spacial score (nSPS) is 11.9. The lowest BCUT2D eigenvalue weighted by Gasteiger charge is -2.14. The van der Waals surface area contributed by atoms with Gasteiger partial charge < -0.3 is 10.1 Å². The van der Waals surface area contributed by atoms with E-state index >= 15 is 0 Å². The van der Waals surface area contributed by atoms with Crippen LogP contribution in [0.4, 0.5) is 5.69 Å². The quantitative estimate of drug-likeness (QED) is 0.880. The second-order valence-electron chi connectivity index (χ2n) is 4.52. The highest BCUT2D eigenvalue weighted by molar-refractivity contribution is 5.92. The topological polar surface area (TPSA) is 56.1 Å². The number of para-hydroxylation sites is 2. The number of carbonyl (C=O) groups excluding carboxylic acids is 1. The van der Waals surface area contributed by atoms with E-state index in [1.165, 1.54) is 0 Å². The van der Waals surface area contributed by atoms with Gasteiger partial charge in [-0.2, -0.15) is 5.10 Å². The van der Waals surface area contributed by atoms with Gasteiger partial charge in [0, 0.05) is 18.8 Å². The molecule has 0 saturated carbocycles. The molecule has 0 bridgehead atoms. The van der Waals surface area contributed by atoms with Crippen molar-refractivity contribution in [3.05, 3.63) is 42.7 Å². The Labute approximate surface area is 118 Å². The van der Waals surface area contributed by atoms with E-state index in [0.29, 0.717) is 24.5 Å². The highest BCUT2D eigenvalue weighted by Gasteiger charge is 2.12. The van der Waals surface area contributed by atoms with Crippen LogP contribution in [0.5, 0.6) is 5.75 Å². The summed E-state index contributed by atoms with van der Waals surface area (Å²) in [6, 6.07) is 9.29. The van der Waals surface area contributed by atoms with E-state index in [4.69, 9.17) is 4.74 Å². The van der Waals surface area contributed by atoms with E-state index in [-0.39, 0.29) is 11.9 Å². The molecule has 1 aromatic carbocycles. The first-order chi connectivity index (χ1) is 9.70. The SMILES string of the molecule is CCOc1ccccc1NC(=O)CC(C)n1cccn1. The van der Waals surface area contributed by atoms with Gasteiger partial charge in [0.1, 0.15) is 5.75 Å². The molecule has 0 spiro atoms. The number of amides is 1. The monoisotopic (exact) mass is 273 g/mol. The Kier molecular flexibility index (Phi) is 4.76. The van der Waals surface area contributed by atoms with E-state index in [2.05, 4.69) is 10.4 Å². The zero-order valence-electron chi connectivity index (χ0n) is 11.7. The molecule has 5 nitrogen and oxygen atoms in total. The first kappa shape index (κ1) is 14.1. The van der Waals surface area contributed by atoms with Crippen LogP contribution in [0.1, 0.15) is 26.3 Å². The minimum atomic E-state index is -0.0554. The van der Waals surface area contributed by atoms with E-state index < -0.39 is 0 Å². The average Bonchev–Trinajstić information content (AvgIpc) is 2.95. The highest BCUT2D eigenvalue weighted by atomic mass is 16.5. The van der Waals surface area contributed by atoms with Crippen LogP contribution in [0, 0.1) is 0 Å². The fourth-order valence-corrected chi connectivity index (χ4v) is 1.96. The van der Waals surface area contributed by atoms with Crippen molar-refractivity contribution in [3.8, 4) is 5.75 Å². The molecular weight excluding hydrogens is 254 g/mol. The smallest absolute Gasteiger partial charge is 0.226 e. The number of carbonyl (C=O) groups is 1. The molecule has 1 aromatic heterocycles. The summed E-state index contributed by atoms with van der Waals surface area (Å²) in [5.74, 6) is 0.634. The maximum absolute atomic E-state index is 12.1. The lowest BCUT2D eigenvalue weighted by molar-refractivity contribution is -0.116. The fourth-order valence-electron chi connectivity index (χ4n) is 1.96. The third kappa shape index (κ3) is 3.60. The third-order valence-corrected chi connectivity index (χ3v) is 2.92. The zero-order chi connectivity index (χ0) is 14.4. The van der Waals surface area contributed by atoms with Crippen LogP contribution >= 0.6 is 0 Å². The molecule has 0 aliphatic carbocycles. The molecule has 1 unspecified atom stereocenters. The van der Waals surface area contributed by atoms with Crippen LogP contribution in [0.3, 0.4) is 0 Å². The van der Waals surface area contributed by atoms with Gasteiger partial charge >= 0.3 is 0 Å². The molecule has 2 rings (SSSR count). The van der Waals surface area contributed by atoms with E-state index in [1.54, 1.807) is 10.9 Å². The summed E-state index contributed by atoms with van der Waals surface area (Å²) in [6.45, 7) is 4.44. The maximum atomic E-state index is 12.1. The summed E-state index contributed by atoms with van der Waals surface area (Å²) < 4.78 is 7.25.